The third-order valence-corrected chi connectivity index (χ3v) is 5.84. The van der Waals surface area contributed by atoms with Crippen molar-refractivity contribution in [3.63, 3.8) is 0 Å². The first-order valence-electron chi connectivity index (χ1n) is 10.2. The van der Waals surface area contributed by atoms with Crippen LogP contribution in [-0.4, -0.2) is 45.5 Å². The molecule has 30 heavy (non-hydrogen) atoms. The van der Waals surface area contributed by atoms with Crippen molar-refractivity contribution in [1.82, 2.24) is 19.4 Å². The molecule has 0 bridgehead atoms. The summed E-state index contributed by atoms with van der Waals surface area (Å²) in [5.74, 6) is 1.59. The van der Waals surface area contributed by atoms with Crippen molar-refractivity contribution in [1.29, 1.82) is 0 Å². The van der Waals surface area contributed by atoms with Crippen molar-refractivity contribution in [3.8, 4) is 5.75 Å². The first-order valence-corrected chi connectivity index (χ1v) is 10.6. The molecule has 1 saturated heterocycles. The highest BCUT2D eigenvalue weighted by atomic mass is 32.1. The van der Waals surface area contributed by atoms with Gasteiger partial charge in [-0.1, -0.05) is 12.1 Å². The zero-order valence-corrected chi connectivity index (χ0v) is 18.4. The first kappa shape index (κ1) is 20.6. The van der Waals surface area contributed by atoms with Crippen LogP contribution in [0.4, 0.5) is 0 Å². The summed E-state index contributed by atoms with van der Waals surface area (Å²) < 4.78 is 15.5. The Labute approximate surface area is 181 Å². The number of nitrogens with zero attached hydrogens (tertiary/aromatic N) is 4. The standard InChI is InChI=1S/C22H27N5O2S/c1-15-11-18(16(2)26(15)14-20-5-4-10-29-20)13-23-27-21(24-25-22(27)30)12-17-6-8-19(28-3)9-7-17/h6-9,11,13,20H,4-5,10,12,14H2,1-3H3,(H,25,30)/b23-13-/t20-/m1/s1. The minimum Gasteiger partial charge on any atom is -0.497 e. The monoisotopic (exact) mass is 425 g/mol. The number of aryl methyl sites for hydroxylation is 1. The number of methoxy groups -OCH3 is 1. The van der Waals surface area contributed by atoms with Gasteiger partial charge in [0.25, 0.3) is 0 Å². The number of aromatic nitrogens is 4. The van der Waals surface area contributed by atoms with E-state index in [2.05, 4.69) is 39.8 Å². The topological polar surface area (TPSA) is 69.4 Å². The van der Waals surface area contributed by atoms with Crippen molar-refractivity contribution in [2.45, 2.75) is 45.8 Å². The molecule has 4 rings (SSSR count). The number of aromatic amines is 1. The summed E-state index contributed by atoms with van der Waals surface area (Å²) in [4.78, 5) is 0. The molecule has 2 aromatic heterocycles. The third kappa shape index (κ3) is 4.39. The fourth-order valence-electron chi connectivity index (χ4n) is 3.84. The molecule has 1 aliphatic heterocycles. The summed E-state index contributed by atoms with van der Waals surface area (Å²) >= 11 is 5.39. The predicted octanol–water partition coefficient (Wildman–Crippen LogP) is 4.02. The molecule has 1 aliphatic rings. The van der Waals surface area contributed by atoms with Gasteiger partial charge in [-0.3, -0.25) is 5.10 Å². The summed E-state index contributed by atoms with van der Waals surface area (Å²) in [7, 11) is 1.66. The molecule has 0 radical (unpaired) electrons. The Balaban J connectivity index is 1.54. The highest BCUT2D eigenvalue weighted by molar-refractivity contribution is 7.71. The van der Waals surface area contributed by atoms with Gasteiger partial charge in [-0.15, -0.1) is 0 Å². The fourth-order valence-corrected chi connectivity index (χ4v) is 4.03. The zero-order valence-electron chi connectivity index (χ0n) is 17.6. The Bertz CT molecular complexity index is 1090. The zero-order chi connectivity index (χ0) is 21.1. The van der Waals surface area contributed by atoms with Crippen molar-refractivity contribution in [3.05, 3.63) is 63.4 Å². The summed E-state index contributed by atoms with van der Waals surface area (Å²) in [6, 6.07) is 10.1. The lowest BCUT2D eigenvalue weighted by atomic mass is 10.1. The molecule has 0 unspecified atom stereocenters. The van der Waals surface area contributed by atoms with Gasteiger partial charge in [0, 0.05) is 36.5 Å². The van der Waals surface area contributed by atoms with E-state index in [1.807, 2.05) is 30.5 Å². The van der Waals surface area contributed by atoms with Crippen molar-refractivity contribution in [2.75, 3.05) is 13.7 Å². The second kappa shape index (κ2) is 8.97. The molecule has 0 saturated carbocycles. The smallest absolute Gasteiger partial charge is 0.216 e. The van der Waals surface area contributed by atoms with Crippen LogP contribution in [0.3, 0.4) is 0 Å². The molecule has 1 aromatic carbocycles. The molecule has 3 aromatic rings. The van der Waals surface area contributed by atoms with Gasteiger partial charge in [0.1, 0.15) is 5.75 Å². The minimum absolute atomic E-state index is 0.304. The molecule has 0 spiro atoms. The van der Waals surface area contributed by atoms with E-state index in [4.69, 9.17) is 21.7 Å². The number of nitrogens with one attached hydrogen (secondary N) is 1. The van der Waals surface area contributed by atoms with Gasteiger partial charge in [0.05, 0.1) is 19.4 Å². The SMILES string of the molecule is COc1ccc(Cc2n[nH]c(=S)n2/N=C\c2cc(C)n(C[C@H]3CCCO3)c2C)cc1. The number of hydrogen-bond donors (Lipinski definition) is 1. The van der Waals surface area contributed by atoms with Crippen LogP contribution in [0.25, 0.3) is 0 Å². The maximum atomic E-state index is 5.80. The predicted molar refractivity (Wildman–Crippen MR) is 119 cm³/mol. The average molecular weight is 426 g/mol. The van der Waals surface area contributed by atoms with Gasteiger partial charge < -0.3 is 14.0 Å². The second-order valence-corrected chi connectivity index (χ2v) is 7.99. The van der Waals surface area contributed by atoms with Gasteiger partial charge in [0.15, 0.2) is 5.82 Å². The fraction of sp³-hybridized carbons (Fsp3) is 0.409. The quantitative estimate of drug-likeness (QED) is 0.459. The molecule has 7 nitrogen and oxygen atoms in total. The third-order valence-electron chi connectivity index (χ3n) is 5.57. The number of rotatable bonds is 7. The molecular weight excluding hydrogens is 398 g/mol. The van der Waals surface area contributed by atoms with Crippen LogP contribution >= 0.6 is 12.2 Å². The average Bonchev–Trinajstić information content (AvgIpc) is 3.45. The highest BCUT2D eigenvalue weighted by Gasteiger charge is 2.18. The highest BCUT2D eigenvalue weighted by Crippen LogP contribution is 2.20. The Morgan fingerprint density at radius 3 is 2.83 bits per heavy atom. The van der Waals surface area contributed by atoms with Crippen LogP contribution in [-0.2, 0) is 17.7 Å². The summed E-state index contributed by atoms with van der Waals surface area (Å²) in [6.45, 7) is 6.00. The van der Waals surface area contributed by atoms with Crippen LogP contribution in [0, 0.1) is 18.6 Å². The van der Waals surface area contributed by atoms with E-state index in [9.17, 15) is 0 Å². The van der Waals surface area contributed by atoms with E-state index in [1.165, 1.54) is 11.4 Å². The summed E-state index contributed by atoms with van der Waals surface area (Å²) in [5, 5.41) is 11.8. The minimum atomic E-state index is 0.304. The van der Waals surface area contributed by atoms with Crippen LogP contribution < -0.4 is 4.74 Å². The Kier molecular flexibility index (Phi) is 6.15. The van der Waals surface area contributed by atoms with Gasteiger partial charge >= 0.3 is 0 Å². The van der Waals surface area contributed by atoms with Gasteiger partial charge in [-0.05, 0) is 62.7 Å². The molecule has 1 atom stereocenters. The molecule has 0 amide bonds. The van der Waals surface area contributed by atoms with Crippen molar-refractivity contribution in [2.24, 2.45) is 5.10 Å². The van der Waals surface area contributed by atoms with E-state index >= 15 is 0 Å². The molecule has 1 fully saturated rings. The molecule has 158 valence electrons. The Morgan fingerprint density at radius 2 is 2.13 bits per heavy atom. The van der Waals surface area contributed by atoms with E-state index in [1.54, 1.807) is 11.8 Å². The lowest BCUT2D eigenvalue weighted by molar-refractivity contribution is 0.0962. The summed E-state index contributed by atoms with van der Waals surface area (Å²) in [6.07, 6.45) is 5.05. The number of benzene rings is 1. The molecule has 3 heterocycles. The number of hydrogen-bond acceptors (Lipinski definition) is 5. The lowest BCUT2D eigenvalue weighted by Crippen LogP contribution is -2.16. The Morgan fingerprint density at radius 1 is 1.33 bits per heavy atom. The van der Waals surface area contributed by atoms with E-state index in [0.717, 1.165) is 48.7 Å². The summed E-state index contributed by atoms with van der Waals surface area (Å²) in [5.41, 5.74) is 4.57. The van der Waals surface area contributed by atoms with Crippen LogP contribution in [0.15, 0.2) is 35.4 Å². The maximum absolute atomic E-state index is 5.80. The van der Waals surface area contributed by atoms with E-state index < -0.39 is 0 Å². The number of H-pyrrole nitrogens is 1. The van der Waals surface area contributed by atoms with Crippen molar-refractivity contribution >= 4 is 18.4 Å². The lowest BCUT2D eigenvalue weighted by Gasteiger charge is -2.14. The van der Waals surface area contributed by atoms with Gasteiger partial charge in [0.2, 0.25) is 4.77 Å². The van der Waals surface area contributed by atoms with Crippen LogP contribution in [0.5, 0.6) is 5.75 Å². The second-order valence-electron chi connectivity index (χ2n) is 7.60. The van der Waals surface area contributed by atoms with E-state index in [0.29, 0.717) is 17.3 Å². The number of ether oxygens (including phenoxy) is 2. The van der Waals surface area contributed by atoms with Crippen LogP contribution in [0.2, 0.25) is 0 Å². The van der Waals surface area contributed by atoms with Gasteiger partial charge in [-0.2, -0.15) is 14.9 Å². The normalized spacial score (nSPS) is 16.6. The van der Waals surface area contributed by atoms with Gasteiger partial charge in [-0.25, -0.2) is 0 Å². The molecular formula is C22H27N5O2S. The maximum Gasteiger partial charge on any atom is 0.216 e. The van der Waals surface area contributed by atoms with Crippen LogP contribution in [0.1, 0.15) is 41.2 Å². The van der Waals surface area contributed by atoms with E-state index in [-0.39, 0.29) is 0 Å². The Hall–Kier alpha value is -2.71. The van der Waals surface area contributed by atoms with Crippen molar-refractivity contribution < 1.29 is 9.47 Å². The molecule has 0 aliphatic carbocycles. The molecule has 1 N–H and O–H groups in total. The first-order chi connectivity index (χ1) is 14.5. The largest absolute Gasteiger partial charge is 0.497 e. The molecule has 8 heteroatoms.